The Morgan fingerprint density at radius 1 is 1.28 bits per heavy atom. The number of rotatable bonds is 3. The van der Waals surface area contributed by atoms with Crippen LogP contribution in [0.5, 0.6) is 0 Å². The van der Waals surface area contributed by atoms with E-state index in [4.69, 9.17) is 5.73 Å². The van der Waals surface area contributed by atoms with Gasteiger partial charge in [0.05, 0.1) is 28.7 Å². The van der Waals surface area contributed by atoms with Crippen LogP contribution in [0.2, 0.25) is 0 Å². The average molecular weight is 353 g/mol. The van der Waals surface area contributed by atoms with Crippen molar-refractivity contribution in [2.45, 2.75) is 19.7 Å². The van der Waals surface area contributed by atoms with Gasteiger partial charge in [-0.05, 0) is 24.1 Å². The van der Waals surface area contributed by atoms with Crippen LogP contribution in [0, 0.1) is 6.92 Å². The fraction of sp³-hybridized carbons (Fsp3) is 0.222. The number of aliphatic hydroxyl groups excluding tert-OH is 1. The maximum Gasteiger partial charge on any atom is 0.122 e. The predicted molar refractivity (Wildman–Crippen MR) is 100 cm³/mol. The average Bonchev–Trinajstić information content (AvgIpc) is 3.22. The largest absolute Gasteiger partial charge is 0.392 e. The van der Waals surface area contributed by atoms with E-state index in [9.17, 15) is 5.11 Å². The third kappa shape index (κ3) is 2.66. The van der Waals surface area contributed by atoms with E-state index >= 15 is 0 Å². The second-order valence-electron chi connectivity index (χ2n) is 6.09. The molecule has 3 heterocycles. The van der Waals surface area contributed by atoms with E-state index < -0.39 is 0 Å². The van der Waals surface area contributed by atoms with E-state index in [2.05, 4.69) is 16.2 Å². The Bertz CT molecular complexity index is 941. The first-order valence-corrected chi connectivity index (χ1v) is 8.86. The number of fused-ring (bicyclic) bond motifs is 1. The van der Waals surface area contributed by atoms with Crippen molar-refractivity contribution >= 4 is 17.7 Å². The van der Waals surface area contributed by atoms with Gasteiger partial charge in [-0.2, -0.15) is 5.10 Å². The molecule has 3 N–H and O–H groups in total. The molecule has 1 aliphatic rings. The molecule has 1 unspecified atom stereocenters. The maximum absolute atomic E-state index is 9.27. The van der Waals surface area contributed by atoms with Gasteiger partial charge < -0.3 is 15.7 Å². The quantitative estimate of drug-likeness (QED) is 0.759. The van der Waals surface area contributed by atoms with Gasteiger partial charge >= 0.3 is 0 Å². The molecule has 25 heavy (non-hydrogen) atoms. The zero-order valence-corrected chi connectivity index (χ0v) is 14.9. The molecule has 0 saturated carbocycles. The van der Waals surface area contributed by atoms with Crippen molar-refractivity contribution < 1.29 is 5.11 Å². The minimum Gasteiger partial charge on any atom is -0.392 e. The van der Waals surface area contributed by atoms with E-state index in [0.717, 1.165) is 38.8 Å². The smallest absolute Gasteiger partial charge is 0.122 e. The number of hydrogen-bond acceptors (Lipinski definition) is 6. The Hall–Kier alpha value is -2.48. The van der Waals surface area contributed by atoms with Crippen molar-refractivity contribution in [3.63, 3.8) is 0 Å². The lowest BCUT2D eigenvalue weighted by Gasteiger charge is -2.28. The predicted octanol–water partition coefficient (Wildman–Crippen LogP) is 2.77. The van der Waals surface area contributed by atoms with Crippen LogP contribution in [0.25, 0.3) is 22.5 Å². The van der Waals surface area contributed by atoms with Gasteiger partial charge in [-0.25, -0.2) is 9.66 Å². The zero-order chi connectivity index (χ0) is 17.6. The number of benzene rings is 1. The van der Waals surface area contributed by atoms with Gasteiger partial charge in [0.15, 0.2) is 0 Å². The summed E-state index contributed by atoms with van der Waals surface area (Å²) in [4.78, 5) is 6.49. The van der Waals surface area contributed by atoms with E-state index in [1.165, 1.54) is 0 Å². The van der Waals surface area contributed by atoms with Crippen molar-refractivity contribution in [2.75, 3.05) is 7.05 Å². The number of thiazole rings is 1. The minimum absolute atomic E-state index is 0.0318. The molecular formula is C18H19N5OS. The van der Waals surface area contributed by atoms with E-state index in [1.54, 1.807) is 17.7 Å². The summed E-state index contributed by atoms with van der Waals surface area (Å²) >= 11 is 1.62. The first-order chi connectivity index (χ1) is 12.1. The summed E-state index contributed by atoms with van der Waals surface area (Å²) in [7, 11) is 1.91. The molecule has 0 aliphatic carbocycles. The van der Waals surface area contributed by atoms with Crippen LogP contribution in [0.1, 0.15) is 22.4 Å². The fourth-order valence-electron chi connectivity index (χ4n) is 3.01. The molecule has 2 aromatic heterocycles. The number of aliphatic hydroxyl groups is 1. The highest BCUT2D eigenvalue weighted by molar-refractivity contribution is 7.09. The molecule has 0 saturated heterocycles. The van der Waals surface area contributed by atoms with Gasteiger partial charge in [-0.3, -0.25) is 0 Å². The lowest BCUT2D eigenvalue weighted by atomic mass is 10.0. The third-order valence-corrected chi connectivity index (χ3v) is 5.18. The Morgan fingerprint density at radius 2 is 2.04 bits per heavy atom. The van der Waals surface area contributed by atoms with Gasteiger partial charge in [0.1, 0.15) is 12.5 Å². The van der Waals surface area contributed by atoms with Crippen LogP contribution in [-0.4, -0.2) is 33.1 Å². The molecule has 1 atom stereocenters. The summed E-state index contributed by atoms with van der Waals surface area (Å²) in [6.45, 7) is 2.02. The number of aromatic nitrogens is 2. The van der Waals surface area contributed by atoms with Gasteiger partial charge in [0.25, 0.3) is 0 Å². The highest BCUT2D eigenvalue weighted by Crippen LogP contribution is 2.37. The van der Waals surface area contributed by atoms with Crippen LogP contribution in [-0.2, 0) is 6.61 Å². The second kappa shape index (κ2) is 6.11. The van der Waals surface area contributed by atoms with Crippen molar-refractivity contribution in [1.29, 1.82) is 0 Å². The SMILES string of the molecule is Cc1nc(-c2cc(-c3ccc(CO)cc3)c3n2N=CN(C)C3N)cs1. The Morgan fingerprint density at radius 3 is 2.68 bits per heavy atom. The molecule has 4 rings (SSSR count). The van der Waals surface area contributed by atoms with Crippen molar-refractivity contribution in [2.24, 2.45) is 10.8 Å². The second-order valence-corrected chi connectivity index (χ2v) is 7.15. The summed E-state index contributed by atoms with van der Waals surface area (Å²) in [5.74, 6) is 0. The fourth-order valence-corrected chi connectivity index (χ4v) is 3.61. The number of aryl methyl sites for hydroxylation is 1. The van der Waals surface area contributed by atoms with Crippen molar-refractivity contribution in [3.05, 3.63) is 52.0 Å². The highest BCUT2D eigenvalue weighted by atomic mass is 32.1. The minimum atomic E-state index is -0.293. The van der Waals surface area contributed by atoms with Gasteiger partial charge in [0, 0.05) is 18.0 Å². The molecular weight excluding hydrogens is 334 g/mol. The summed E-state index contributed by atoms with van der Waals surface area (Å²) < 4.78 is 1.88. The Balaban J connectivity index is 1.92. The van der Waals surface area contributed by atoms with E-state index in [0.29, 0.717) is 0 Å². The topological polar surface area (TPSA) is 79.7 Å². The zero-order valence-electron chi connectivity index (χ0n) is 14.0. The summed E-state index contributed by atoms with van der Waals surface area (Å²) in [6.07, 6.45) is 1.44. The molecule has 0 radical (unpaired) electrons. The Kier molecular flexibility index (Phi) is 3.91. The number of nitrogens with zero attached hydrogens (tertiary/aromatic N) is 4. The first-order valence-electron chi connectivity index (χ1n) is 7.99. The lowest BCUT2D eigenvalue weighted by Crippen LogP contribution is -2.35. The number of nitrogens with two attached hydrogens (primary N) is 1. The molecule has 0 bridgehead atoms. The van der Waals surface area contributed by atoms with Crippen LogP contribution >= 0.6 is 11.3 Å². The normalized spacial score (nSPS) is 16.3. The van der Waals surface area contributed by atoms with Crippen LogP contribution in [0.4, 0.5) is 0 Å². The highest BCUT2D eigenvalue weighted by Gasteiger charge is 2.27. The molecule has 1 aromatic carbocycles. The van der Waals surface area contributed by atoms with Crippen LogP contribution in [0.15, 0.2) is 40.8 Å². The maximum atomic E-state index is 9.27. The molecule has 0 spiro atoms. The van der Waals surface area contributed by atoms with Crippen LogP contribution < -0.4 is 5.73 Å². The molecule has 3 aromatic rings. The summed E-state index contributed by atoms with van der Waals surface area (Å²) in [5.41, 5.74) is 12.2. The van der Waals surface area contributed by atoms with Crippen molar-refractivity contribution in [3.8, 4) is 22.5 Å². The first kappa shape index (κ1) is 16.0. The van der Waals surface area contributed by atoms with Gasteiger partial charge in [0.2, 0.25) is 0 Å². The molecule has 7 heteroatoms. The van der Waals surface area contributed by atoms with Gasteiger partial charge in [-0.15, -0.1) is 11.3 Å². The summed E-state index contributed by atoms with van der Waals surface area (Å²) in [5, 5.41) is 16.9. The standard InChI is InChI=1S/C18H19N5OS/c1-11-21-15(9-25-11)16-7-14(13-5-3-12(8-24)4-6-13)17-18(19)22(2)10-20-23(16)17/h3-7,9-10,18,24H,8,19H2,1-2H3. The molecule has 128 valence electrons. The molecule has 6 nitrogen and oxygen atoms in total. The van der Waals surface area contributed by atoms with E-state index in [-0.39, 0.29) is 12.8 Å². The molecule has 1 aliphatic heterocycles. The molecule has 0 fully saturated rings. The van der Waals surface area contributed by atoms with E-state index in [1.807, 2.05) is 53.2 Å². The number of hydrogen-bond donors (Lipinski definition) is 2. The monoisotopic (exact) mass is 353 g/mol. The van der Waals surface area contributed by atoms with Gasteiger partial charge in [-0.1, -0.05) is 24.3 Å². The lowest BCUT2D eigenvalue weighted by molar-refractivity contribution is 0.282. The Labute approximate surface area is 149 Å². The van der Waals surface area contributed by atoms with Crippen molar-refractivity contribution in [1.82, 2.24) is 14.6 Å². The van der Waals surface area contributed by atoms with Crippen LogP contribution in [0.3, 0.4) is 0 Å². The summed E-state index contributed by atoms with van der Waals surface area (Å²) in [6, 6.07) is 9.95. The third-order valence-electron chi connectivity index (χ3n) is 4.41. The molecule has 0 amide bonds.